The molecule has 0 aromatic carbocycles. The standard InChI is InChI=1S/C12H24N2O2/c1-3-5-6-14-7-8-16-11(10-14)9-13-12(15)4-2/h11H,3-10H2,1-2H3,(H,13,15). The van der Waals surface area contributed by atoms with Crippen molar-refractivity contribution in [1.29, 1.82) is 0 Å². The van der Waals surface area contributed by atoms with Crippen molar-refractivity contribution >= 4 is 5.91 Å². The lowest BCUT2D eigenvalue weighted by Gasteiger charge is -2.32. The van der Waals surface area contributed by atoms with E-state index in [1.807, 2.05) is 6.92 Å². The molecule has 0 saturated carbocycles. The van der Waals surface area contributed by atoms with E-state index in [-0.39, 0.29) is 12.0 Å². The second-order valence-electron chi connectivity index (χ2n) is 4.30. The van der Waals surface area contributed by atoms with Crippen LogP contribution in [0.25, 0.3) is 0 Å². The molecule has 1 atom stereocenters. The number of ether oxygens (including phenoxy) is 1. The lowest BCUT2D eigenvalue weighted by Crippen LogP contribution is -2.47. The summed E-state index contributed by atoms with van der Waals surface area (Å²) in [6.45, 7) is 8.63. The zero-order valence-electron chi connectivity index (χ0n) is 10.5. The Morgan fingerprint density at radius 3 is 3.00 bits per heavy atom. The zero-order chi connectivity index (χ0) is 11.8. The highest BCUT2D eigenvalue weighted by molar-refractivity contribution is 5.75. The van der Waals surface area contributed by atoms with Crippen molar-refractivity contribution in [3.05, 3.63) is 0 Å². The van der Waals surface area contributed by atoms with E-state index in [0.717, 1.165) is 26.2 Å². The van der Waals surface area contributed by atoms with Gasteiger partial charge in [0.25, 0.3) is 0 Å². The lowest BCUT2D eigenvalue weighted by atomic mass is 10.2. The molecule has 1 heterocycles. The van der Waals surface area contributed by atoms with Crippen molar-refractivity contribution in [3.8, 4) is 0 Å². The van der Waals surface area contributed by atoms with Crippen molar-refractivity contribution in [2.24, 2.45) is 0 Å². The number of carbonyl (C=O) groups is 1. The van der Waals surface area contributed by atoms with Gasteiger partial charge in [-0.05, 0) is 13.0 Å². The molecule has 1 aliphatic rings. The van der Waals surface area contributed by atoms with E-state index >= 15 is 0 Å². The average Bonchev–Trinajstić information content (AvgIpc) is 2.34. The summed E-state index contributed by atoms with van der Waals surface area (Å²) in [6, 6.07) is 0. The minimum Gasteiger partial charge on any atom is -0.374 e. The van der Waals surface area contributed by atoms with Gasteiger partial charge in [-0.1, -0.05) is 20.3 Å². The molecular formula is C12H24N2O2. The summed E-state index contributed by atoms with van der Waals surface area (Å²) in [6.07, 6.45) is 3.19. The summed E-state index contributed by atoms with van der Waals surface area (Å²) in [5, 5.41) is 2.89. The van der Waals surface area contributed by atoms with Crippen molar-refractivity contribution in [2.75, 3.05) is 32.8 Å². The predicted molar refractivity (Wildman–Crippen MR) is 64.4 cm³/mol. The smallest absolute Gasteiger partial charge is 0.219 e. The van der Waals surface area contributed by atoms with Gasteiger partial charge >= 0.3 is 0 Å². The van der Waals surface area contributed by atoms with Gasteiger partial charge in [-0.25, -0.2) is 0 Å². The Morgan fingerprint density at radius 1 is 1.50 bits per heavy atom. The van der Waals surface area contributed by atoms with Gasteiger partial charge in [0.15, 0.2) is 0 Å². The first-order chi connectivity index (χ1) is 7.76. The zero-order valence-corrected chi connectivity index (χ0v) is 10.5. The Labute approximate surface area is 98.3 Å². The third-order valence-electron chi connectivity index (χ3n) is 2.90. The first-order valence-corrected chi connectivity index (χ1v) is 6.37. The van der Waals surface area contributed by atoms with Crippen LogP contribution in [0.4, 0.5) is 0 Å². The topological polar surface area (TPSA) is 41.6 Å². The Kier molecular flexibility index (Phi) is 6.42. The first kappa shape index (κ1) is 13.5. The molecule has 4 nitrogen and oxygen atoms in total. The van der Waals surface area contributed by atoms with Crippen LogP contribution in [-0.2, 0) is 9.53 Å². The van der Waals surface area contributed by atoms with Gasteiger partial charge in [0.05, 0.1) is 12.7 Å². The van der Waals surface area contributed by atoms with Gasteiger partial charge in [-0.15, -0.1) is 0 Å². The predicted octanol–water partition coefficient (Wildman–Crippen LogP) is 1.01. The molecule has 1 N–H and O–H groups in total. The van der Waals surface area contributed by atoms with E-state index in [9.17, 15) is 4.79 Å². The van der Waals surface area contributed by atoms with E-state index in [1.165, 1.54) is 12.8 Å². The SMILES string of the molecule is CCCCN1CCOC(CNC(=O)CC)C1. The average molecular weight is 228 g/mol. The van der Waals surface area contributed by atoms with Crippen LogP contribution in [0, 0.1) is 0 Å². The molecule has 16 heavy (non-hydrogen) atoms. The fourth-order valence-electron chi connectivity index (χ4n) is 1.84. The van der Waals surface area contributed by atoms with Crippen molar-refractivity contribution in [2.45, 2.75) is 39.2 Å². The van der Waals surface area contributed by atoms with Crippen LogP contribution in [-0.4, -0.2) is 49.7 Å². The minimum atomic E-state index is 0.106. The molecule has 1 unspecified atom stereocenters. The van der Waals surface area contributed by atoms with Crippen LogP contribution >= 0.6 is 0 Å². The number of carbonyl (C=O) groups excluding carboxylic acids is 1. The van der Waals surface area contributed by atoms with Crippen LogP contribution in [0.3, 0.4) is 0 Å². The van der Waals surface area contributed by atoms with E-state index in [4.69, 9.17) is 4.74 Å². The largest absolute Gasteiger partial charge is 0.374 e. The fourth-order valence-corrected chi connectivity index (χ4v) is 1.84. The number of hydrogen-bond donors (Lipinski definition) is 1. The van der Waals surface area contributed by atoms with Gasteiger partial charge in [-0.2, -0.15) is 0 Å². The number of nitrogens with zero attached hydrogens (tertiary/aromatic N) is 1. The minimum absolute atomic E-state index is 0.106. The highest BCUT2D eigenvalue weighted by Crippen LogP contribution is 2.05. The lowest BCUT2D eigenvalue weighted by molar-refractivity contribution is -0.122. The molecule has 4 heteroatoms. The number of morpholine rings is 1. The number of rotatable bonds is 6. The Balaban J connectivity index is 2.19. The molecule has 0 bridgehead atoms. The van der Waals surface area contributed by atoms with Crippen LogP contribution in [0.2, 0.25) is 0 Å². The molecule has 1 rings (SSSR count). The molecule has 1 fully saturated rings. The second-order valence-corrected chi connectivity index (χ2v) is 4.30. The third-order valence-corrected chi connectivity index (χ3v) is 2.90. The molecule has 0 aromatic rings. The van der Waals surface area contributed by atoms with Gasteiger partial charge in [-0.3, -0.25) is 9.69 Å². The first-order valence-electron chi connectivity index (χ1n) is 6.37. The molecule has 1 aliphatic heterocycles. The molecule has 0 spiro atoms. The number of unbranched alkanes of at least 4 members (excludes halogenated alkanes) is 1. The summed E-state index contributed by atoms with van der Waals surface area (Å²) in [4.78, 5) is 13.6. The van der Waals surface area contributed by atoms with Crippen LogP contribution in [0.1, 0.15) is 33.1 Å². The Morgan fingerprint density at radius 2 is 2.31 bits per heavy atom. The third kappa shape index (κ3) is 4.94. The van der Waals surface area contributed by atoms with E-state index in [0.29, 0.717) is 13.0 Å². The molecule has 1 amide bonds. The molecule has 1 saturated heterocycles. The van der Waals surface area contributed by atoms with E-state index in [2.05, 4.69) is 17.1 Å². The van der Waals surface area contributed by atoms with Crippen LogP contribution in [0.15, 0.2) is 0 Å². The number of nitrogens with one attached hydrogen (secondary N) is 1. The summed E-state index contributed by atoms with van der Waals surface area (Å²) < 4.78 is 5.63. The highest BCUT2D eigenvalue weighted by atomic mass is 16.5. The van der Waals surface area contributed by atoms with Gasteiger partial charge < -0.3 is 10.1 Å². The maximum Gasteiger partial charge on any atom is 0.219 e. The molecular weight excluding hydrogens is 204 g/mol. The summed E-state index contributed by atoms with van der Waals surface area (Å²) in [5.41, 5.74) is 0. The molecule has 0 aromatic heterocycles. The quantitative estimate of drug-likeness (QED) is 0.738. The number of amides is 1. The van der Waals surface area contributed by atoms with Gasteiger partial charge in [0.1, 0.15) is 0 Å². The summed E-state index contributed by atoms with van der Waals surface area (Å²) in [5.74, 6) is 0.106. The van der Waals surface area contributed by atoms with Crippen molar-refractivity contribution < 1.29 is 9.53 Å². The van der Waals surface area contributed by atoms with Gasteiger partial charge in [0.2, 0.25) is 5.91 Å². The number of hydrogen-bond acceptors (Lipinski definition) is 3. The van der Waals surface area contributed by atoms with E-state index < -0.39 is 0 Å². The monoisotopic (exact) mass is 228 g/mol. The van der Waals surface area contributed by atoms with Gasteiger partial charge in [0, 0.05) is 26.1 Å². The summed E-state index contributed by atoms with van der Waals surface area (Å²) in [7, 11) is 0. The normalized spacial score (nSPS) is 22.0. The summed E-state index contributed by atoms with van der Waals surface area (Å²) >= 11 is 0. The second kappa shape index (κ2) is 7.63. The van der Waals surface area contributed by atoms with Crippen molar-refractivity contribution in [3.63, 3.8) is 0 Å². The maximum atomic E-state index is 11.1. The van der Waals surface area contributed by atoms with Crippen LogP contribution < -0.4 is 5.32 Å². The fraction of sp³-hybridized carbons (Fsp3) is 0.917. The molecule has 0 radical (unpaired) electrons. The molecule has 0 aliphatic carbocycles. The molecule has 94 valence electrons. The Bertz CT molecular complexity index is 209. The maximum absolute atomic E-state index is 11.1. The van der Waals surface area contributed by atoms with Crippen molar-refractivity contribution in [1.82, 2.24) is 10.2 Å². The highest BCUT2D eigenvalue weighted by Gasteiger charge is 2.19. The van der Waals surface area contributed by atoms with Crippen LogP contribution in [0.5, 0.6) is 0 Å². The Hall–Kier alpha value is -0.610. The van der Waals surface area contributed by atoms with E-state index in [1.54, 1.807) is 0 Å².